The molecule has 0 saturated carbocycles. The fourth-order valence-electron chi connectivity index (χ4n) is 3.83. The van der Waals surface area contributed by atoms with Crippen LogP contribution in [0.15, 0.2) is 42.9 Å². The molecule has 11 heteroatoms. The lowest BCUT2D eigenvalue weighted by molar-refractivity contribution is 0.0301. The van der Waals surface area contributed by atoms with Crippen LogP contribution in [0.3, 0.4) is 0 Å². The lowest BCUT2D eigenvalue weighted by Crippen LogP contribution is -2.41. The smallest absolute Gasteiger partial charge is 0.257 e. The number of rotatable bonds is 5. The van der Waals surface area contributed by atoms with Crippen LogP contribution in [-0.2, 0) is 18.2 Å². The molecule has 0 radical (unpaired) electrons. The quantitative estimate of drug-likeness (QED) is 0.336. The molecule has 0 spiro atoms. The van der Waals surface area contributed by atoms with Gasteiger partial charge in [0.1, 0.15) is 5.69 Å². The number of morpholine rings is 1. The zero-order valence-corrected chi connectivity index (χ0v) is 17.8. The number of aryl methyl sites for hydroxylation is 1. The highest BCUT2D eigenvalue weighted by atomic mass is 19.1. The van der Waals surface area contributed by atoms with Crippen LogP contribution < -0.4 is 0 Å². The maximum Gasteiger partial charge on any atom is 0.257 e. The van der Waals surface area contributed by atoms with Crippen molar-refractivity contribution in [2.75, 3.05) is 26.3 Å². The second kappa shape index (κ2) is 8.51. The lowest BCUT2D eigenvalue weighted by Gasteiger charge is -2.26. The Balaban J connectivity index is 1.39. The van der Waals surface area contributed by atoms with Crippen LogP contribution in [0.25, 0.3) is 17.0 Å². The van der Waals surface area contributed by atoms with E-state index in [9.17, 15) is 14.0 Å². The average Bonchev–Trinajstić information content (AvgIpc) is 3.42. The Kier molecular flexibility index (Phi) is 5.38. The first kappa shape index (κ1) is 20.9. The Labute approximate surface area is 187 Å². The van der Waals surface area contributed by atoms with Gasteiger partial charge in [0.05, 0.1) is 25.0 Å². The van der Waals surface area contributed by atoms with E-state index >= 15 is 0 Å². The van der Waals surface area contributed by atoms with E-state index < -0.39 is 5.95 Å². The first-order valence-electron chi connectivity index (χ1n) is 10.4. The van der Waals surface area contributed by atoms with Gasteiger partial charge in [-0.2, -0.15) is 9.49 Å². The fraction of sp³-hybridized carbons (Fsp3) is 0.273. The third-order valence-electron chi connectivity index (χ3n) is 5.48. The summed E-state index contributed by atoms with van der Waals surface area (Å²) in [5, 5.41) is 8.49. The van der Waals surface area contributed by atoms with Gasteiger partial charge in [-0.15, -0.1) is 5.10 Å². The van der Waals surface area contributed by atoms with Crippen LogP contribution in [0.2, 0.25) is 0 Å². The third-order valence-corrected chi connectivity index (χ3v) is 5.48. The Morgan fingerprint density at radius 3 is 2.79 bits per heavy atom. The molecule has 1 aliphatic heterocycles. The molecule has 1 saturated heterocycles. The Morgan fingerprint density at radius 2 is 2.00 bits per heavy atom. The van der Waals surface area contributed by atoms with Gasteiger partial charge >= 0.3 is 0 Å². The van der Waals surface area contributed by atoms with Gasteiger partial charge in [-0.05, 0) is 23.8 Å². The molecular formula is C22H20FN7O3. The van der Waals surface area contributed by atoms with E-state index in [2.05, 4.69) is 20.2 Å². The highest BCUT2D eigenvalue weighted by molar-refractivity contribution is 6.07. The van der Waals surface area contributed by atoms with E-state index in [1.165, 1.54) is 23.1 Å². The maximum absolute atomic E-state index is 13.4. The molecule has 0 atom stereocenters. The van der Waals surface area contributed by atoms with Crippen LogP contribution in [0.5, 0.6) is 0 Å². The van der Waals surface area contributed by atoms with Crippen LogP contribution in [0.4, 0.5) is 4.39 Å². The predicted octanol–water partition coefficient (Wildman–Crippen LogP) is 1.56. The molecule has 4 aromatic rings. The maximum atomic E-state index is 13.4. The number of hydrogen-bond donors (Lipinski definition) is 0. The summed E-state index contributed by atoms with van der Waals surface area (Å²) in [7, 11) is 1.64. The number of nitrogens with zero attached hydrogens (tertiary/aromatic N) is 7. The van der Waals surface area contributed by atoms with Crippen molar-refractivity contribution in [1.82, 2.24) is 34.3 Å². The minimum atomic E-state index is -0.615. The molecule has 1 aliphatic rings. The van der Waals surface area contributed by atoms with E-state index in [1.54, 1.807) is 40.9 Å². The van der Waals surface area contributed by atoms with Gasteiger partial charge in [0.15, 0.2) is 17.3 Å². The van der Waals surface area contributed by atoms with E-state index in [-0.39, 0.29) is 29.4 Å². The van der Waals surface area contributed by atoms with Gasteiger partial charge in [-0.1, -0.05) is 0 Å². The normalized spacial score (nSPS) is 14.1. The Bertz CT molecular complexity index is 1360. The third kappa shape index (κ3) is 4.10. The van der Waals surface area contributed by atoms with Crippen LogP contribution >= 0.6 is 0 Å². The summed E-state index contributed by atoms with van der Waals surface area (Å²) in [6, 6.07) is 6.38. The van der Waals surface area contributed by atoms with Crippen molar-refractivity contribution >= 4 is 17.3 Å². The summed E-state index contributed by atoms with van der Waals surface area (Å²) >= 11 is 0. The minimum absolute atomic E-state index is 0.0610. The number of pyridine rings is 2. The van der Waals surface area contributed by atoms with E-state index in [0.29, 0.717) is 48.9 Å². The molecule has 1 fully saturated rings. The van der Waals surface area contributed by atoms with Crippen LogP contribution in [0, 0.1) is 5.95 Å². The molecule has 10 nitrogen and oxygen atoms in total. The number of ketones is 1. The van der Waals surface area contributed by atoms with Crippen molar-refractivity contribution in [3.8, 4) is 11.4 Å². The molecule has 168 valence electrons. The van der Waals surface area contributed by atoms with Gasteiger partial charge in [0.2, 0.25) is 5.95 Å². The molecule has 0 aliphatic carbocycles. The van der Waals surface area contributed by atoms with Gasteiger partial charge in [-0.25, -0.2) is 14.5 Å². The number of hydrogen-bond acceptors (Lipinski definition) is 7. The highest BCUT2D eigenvalue weighted by Gasteiger charge is 2.27. The summed E-state index contributed by atoms with van der Waals surface area (Å²) in [5.41, 5.74) is 2.28. The standard InChI is InChI=1S/C22H20FN7O3/c1-28-20(16(13-25-28)22(32)29-6-8-33-9-7-29)17(31)10-14-3-5-30-19(11-14)26-21(27-30)15-2-4-24-18(23)12-15/h2-5,11-13H,6-10H2,1H3. The van der Waals surface area contributed by atoms with Crippen molar-refractivity contribution in [2.45, 2.75) is 6.42 Å². The van der Waals surface area contributed by atoms with Crippen molar-refractivity contribution < 1.29 is 18.7 Å². The first-order valence-corrected chi connectivity index (χ1v) is 10.4. The Hall–Kier alpha value is -3.99. The first-order chi connectivity index (χ1) is 16.0. The number of halogens is 1. The molecule has 0 bridgehead atoms. The molecular weight excluding hydrogens is 429 g/mol. The average molecular weight is 449 g/mol. The number of ether oxygens (including phenoxy) is 1. The zero-order chi connectivity index (χ0) is 22.9. The van der Waals surface area contributed by atoms with E-state index in [0.717, 1.165) is 0 Å². The van der Waals surface area contributed by atoms with Gasteiger partial charge in [0, 0.05) is 50.6 Å². The molecule has 1 amide bonds. The van der Waals surface area contributed by atoms with Gasteiger partial charge in [0.25, 0.3) is 5.91 Å². The minimum Gasteiger partial charge on any atom is -0.378 e. The summed E-state index contributed by atoms with van der Waals surface area (Å²) in [4.78, 5) is 35.7. The van der Waals surface area contributed by atoms with E-state index in [1.807, 2.05) is 0 Å². The molecule has 5 heterocycles. The largest absolute Gasteiger partial charge is 0.378 e. The van der Waals surface area contributed by atoms with Crippen molar-refractivity contribution in [3.63, 3.8) is 0 Å². The zero-order valence-electron chi connectivity index (χ0n) is 17.8. The Morgan fingerprint density at radius 1 is 1.18 bits per heavy atom. The van der Waals surface area contributed by atoms with Crippen molar-refractivity contribution in [3.05, 3.63) is 65.6 Å². The number of aromatic nitrogens is 6. The second-order valence-electron chi connectivity index (χ2n) is 7.68. The second-order valence-corrected chi connectivity index (χ2v) is 7.68. The highest BCUT2D eigenvalue weighted by Crippen LogP contribution is 2.19. The summed E-state index contributed by atoms with van der Waals surface area (Å²) in [6.07, 6.45) is 4.54. The van der Waals surface area contributed by atoms with Gasteiger partial charge < -0.3 is 9.64 Å². The summed E-state index contributed by atoms with van der Waals surface area (Å²) in [6.45, 7) is 1.91. The number of carbonyl (C=O) groups is 2. The van der Waals surface area contributed by atoms with E-state index in [4.69, 9.17) is 4.74 Å². The lowest BCUT2D eigenvalue weighted by atomic mass is 10.0. The summed E-state index contributed by atoms with van der Waals surface area (Å²) < 4.78 is 21.7. The molecule has 5 rings (SSSR count). The molecule has 4 aromatic heterocycles. The molecule has 33 heavy (non-hydrogen) atoms. The monoisotopic (exact) mass is 449 g/mol. The van der Waals surface area contributed by atoms with Crippen LogP contribution in [0.1, 0.15) is 26.4 Å². The van der Waals surface area contributed by atoms with Crippen molar-refractivity contribution in [1.29, 1.82) is 0 Å². The molecule has 0 unspecified atom stereocenters. The SMILES string of the molecule is Cn1ncc(C(=O)N2CCOCC2)c1C(=O)Cc1ccn2nc(-c3ccnc(F)c3)nc2c1. The molecule has 0 N–H and O–H groups in total. The number of fused-ring (bicyclic) bond motifs is 1. The number of carbonyl (C=O) groups excluding carboxylic acids is 2. The summed E-state index contributed by atoms with van der Waals surface area (Å²) in [5.74, 6) is -0.718. The van der Waals surface area contributed by atoms with Crippen molar-refractivity contribution in [2.24, 2.45) is 7.05 Å². The van der Waals surface area contributed by atoms with Gasteiger partial charge in [-0.3, -0.25) is 14.3 Å². The molecule has 0 aromatic carbocycles. The topological polar surface area (TPSA) is 108 Å². The fourth-order valence-corrected chi connectivity index (χ4v) is 3.83. The van der Waals surface area contributed by atoms with Crippen LogP contribution in [-0.4, -0.2) is 72.3 Å². The predicted molar refractivity (Wildman–Crippen MR) is 114 cm³/mol. The number of amides is 1. The number of Topliss-reactive ketones (excluding diaryl/α,β-unsaturated/α-hetero) is 1.